The Balaban J connectivity index is 1.79. The molecule has 0 saturated heterocycles. The van der Waals surface area contributed by atoms with Gasteiger partial charge in [-0.3, -0.25) is 4.79 Å². The van der Waals surface area contributed by atoms with Crippen LogP contribution in [0.4, 0.5) is 10.5 Å². The van der Waals surface area contributed by atoms with Crippen molar-refractivity contribution in [2.45, 2.75) is 20.8 Å². The molecule has 0 fully saturated rings. The highest BCUT2D eigenvalue weighted by atomic mass is 16.5. The molecule has 0 radical (unpaired) electrons. The third-order valence-corrected chi connectivity index (χ3v) is 3.45. The van der Waals surface area contributed by atoms with Gasteiger partial charge in [0.25, 0.3) is 0 Å². The molecule has 0 heterocycles. The number of benzene rings is 2. The third kappa shape index (κ3) is 6.84. The van der Waals surface area contributed by atoms with E-state index in [1.807, 2.05) is 45.0 Å². The van der Waals surface area contributed by atoms with Crippen LogP contribution < -0.4 is 20.7 Å². The summed E-state index contributed by atoms with van der Waals surface area (Å²) >= 11 is 0. The summed E-state index contributed by atoms with van der Waals surface area (Å²) in [5.41, 5.74) is 1.73. The molecule has 0 aliphatic carbocycles. The number of urea groups is 1. The van der Waals surface area contributed by atoms with Gasteiger partial charge in [-0.1, -0.05) is 26.0 Å². The van der Waals surface area contributed by atoms with Gasteiger partial charge in [-0.25, -0.2) is 4.79 Å². The Morgan fingerprint density at radius 2 is 1.73 bits per heavy atom. The van der Waals surface area contributed by atoms with Gasteiger partial charge in [0.1, 0.15) is 11.5 Å². The van der Waals surface area contributed by atoms with E-state index in [0.717, 1.165) is 11.3 Å². The second-order valence-corrected chi connectivity index (χ2v) is 6.45. The number of hydrogen-bond donors (Lipinski definition) is 3. The second kappa shape index (κ2) is 9.46. The maximum Gasteiger partial charge on any atom is 0.319 e. The monoisotopic (exact) mass is 355 g/mol. The van der Waals surface area contributed by atoms with Crippen LogP contribution in [0.2, 0.25) is 0 Å². The van der Waals surface area contributed by atoms with Gasteiger partial charge in [0.2, 0.25) is 5.91 Å². The second-order valence-electron chi connectivity index (χ2n) is 6.45. The van der Waals surface area contributed by atoms with E-state index < -0.39 is 6.03 Å². The van der Waals surface area contributed by atoms with Crippen molar-refractivity contribution in [1.29, 1.82) is 0 Å². The summed E-state index contributed by atoms with van der Waals surface area (Å²) in [5.74, 6) is 1.59. The molecule has 0 aromatic heterocycles. The summed E-state index contributed by atoms with van der Waals surface area (Å²) in [5, 5.41) is 7.94. The van der Waals surface area contributed by atoms with E-state index in [-0.39, 0.29) is 12.5 Å². The highest BCUT2D eigenvalue weighted by molar-refractivity contribution is 5.92. The van der Waals surface area contributed by atoms with Crippen molar-refractivity contribution in [1.82, 2.24) is 10.6 Å². The fraction of sp³-hybridized carbons (Fsp3) is 0.300. The summed E-state index contributed by atoms with van der Waals surface area (Å²) in [6.07, 6.45) is 0. The molecule has 0 aliphatic rings. The highest BCUT2D eigenvalue weighted by Crippen LogP contribution is 2.23. The van der Waals surface area contributed by atoms with E-state index in [1.54, 1.807) is 24.3 Å². The van der Waals surface area contributed by atoms with E-state index in [2.05, 4.69) is 16.0 Å². The Kier molecular flexibility index (Phi) is 7.02. The molecule has 2 rings (SSSR count). The van der Waals surface area contributed by atoms with Crippen molar-refractivity contribution < 1.29 is 14.3 Å². The van der Waals surface area contributed by atoms with Crippen LogP contribution in [0.15, 0.2) is 48.5 Å². The minimum Gasteiger partial charge on any atom is -0.457 e. The van der Waals surface area contributed by atoms with Crippen molar-refractivity contribution in [2.75, 3.05) is 18.4 Å². The van der Waals surface area contributed by atoms with Gasteiger partial charge in [0, 0.05) is 12.2 Å². The molecule has 138 valence electrons. The molecule has 6 nitrogen and oxygen atoms in total. The Labute approximate surface area is 153 Å². The van der Waals surface area contributed by atoms with E-state index in [0.29, 0.717) is 23.9 Å². The molecule has 3 amide bonds. The molecule has 0 bridgehead atoms. The summed E-state index contributed by atoms with van der Waals surface area (Å²) in [6, 6.07) is 14.4. The predicted octanol–water partition coefficient (Wildman–Crippen LogP) is 3.68. The van der Waals surface area contributed by atoms with Crippen LogP contribution in [0, 0.1) is 12.8 Å². The number of carbonyl (C=O) groups is 2. The van der Waals surface area contributed by atoms with Gasteiger partial charge < -0.3 is 20.7 Å². The van der Waals surface area contributed by atoms with Crippen LogP contribution in [-0.4, -0.2) is 25.0 Å². The molecular weight excluding hydrogens is 330 g/mol. The SMILES string of the molecule is Cc1cccc(Oc2ccc(NC(=O)NCC(=O)NCC(C)C)cc2)c1. The number of amides is 3. The van der Waals surface area contributed by atoms with Gasteiger partial charge in [0.15, 0.2) is 0 Å². The van der Waals surface area contributed by atoms with Gasteiger partial charge in [-0.05, 0) is 54.8 Å². The molecule has 0 unspecified atom stereocenters. The summed E-state index contributed by atoms with van der Waals surface area (Å²) < 4.78 is 5.76. The van der Waals surface area contributed by atoms with Gasteiger partial charge in [-0.2, -0.15) is 0 Å². The molecule has 0 spiro atoms. The smallest absolute Gasteiger partial charge is 0.319 e. The summed E-state index contributed by atoms with van der Waals surface area (Å²) in [7, 11) is 0. The van der Waals surface area contributed by atoms with Gasteiger partial charge >= 0.3 is 6.03 Å². The number of rotatable bonds is 7. The largest absolute Gasteiger partial charge is 0.457 e. The first kappa shape index (κ1) is 19.3. The zero-order valence-corrected chi connectivity index (χ0v) is 15.3. The molecular formula is C20H25N3O3. The Morgan fingerprint density at radius 3 is 2.38 bits per heavy atom. The zero-order valence-electron chi connectivity index (χ0n) is 15.3. The molecule has 2 aromatic rings. The molecule has 3 N–H and O–H groups in total. The first-order valence-corrected chi connectivity index (χ1v) is 8.58. The van der Waals surface area contributed by atoms with Crippen LogP contribution in [0.25, 0.3) is 0 Å². The number of ether oxygens (including phenoxy) is 1. The average Bonchev–Trinajstić information content (AvgIpc) is 2.60. The van der Waals surface area contributed by atoms with Crippen molar-refractivity contribution in [3.63, 3.8) is 0 Å². The average molecular weight is 355 g/mol. The van der Waals surface area contributed by atoms with Crippen LogP contribution in [0.3, 0.4) is 0 Å². The number of carbonyl (C=O) groups excluding carboxylic acids is 2. The lowest BCUT2D eigenvalue weighted by molar-refractivity contribution is -0.120. The summed E-state index contributed by atoms with van der Waals surface area (Å²) in [4.78, 5) is 23.4. The third-order valence-electron chi connectivity index (χ3n) is 3.45. The fourth-order valence-corrected chi connectivity index (χ4v) is 2.14. The molecule has 0 aliphatic heterocycles. The lowest BCUT2D eigenvalue weighted by Gasteiger charge is -2.10. The lowest BCUT2D eigenvalue weighted by atomic mass is 10.2. The standard InChI is InChI=1S/C20H25N3O3/c1-14(2)12-21-19(24)13-22-20(25)23-16-7-9-17(10-8-16)26-18-6-4-5-15(3)11-18/h4-11,14H,12-13H2,1-3H3,(H,21,24)(H2,22,23,25). The van der Waals surface area contributed by atoms with Crippen molar-refractivity contribution >= 4 is 17.6 Å². The van der Waals surface area contributed by atoms with E-state index >= 15 is 0 Å². The topological polar surface area (TPSA) is 79.5 Å². The number of nitrogens with one attached hydrogen (secondary N) is 3. The summed E-state index contributed by atoms with van der Waals surface area (Å²) in [6.45, 7) is 6.54. The first-order chi connectivity index (χ1) is 12.4. The predicted molar refractivity (Wildman–Crippen MR) is 103 cm³/mol. The maximum absolute atomic E-state index is 11.8. The van der Waals surface area contributed by atoms with Crippen LogP contribution >= 0.6 is 0 Å². The first-order valence-electron chi connectivity index (χ1n) is 8.58. The van der Waals surface area contributed by atoms with Gasteiger partial charge in [0.05, 0.1) is 6.54 Å². The van der Waals surface area contributed by atoms with Gasteiger partial charge in [-0.15, -0.1) is 0 Å². The minimum absolute atomic E-state index is 0.0624. The van der Waals surface area contributed by atoms with Crippen molar-refractivity contribution in [2.24, 2.45) is 5.92 Å². The highest BCUT2D eigenvalue weighted by Gasteiger charge is 2.06. The number of hydrogen-bond acceptors (Lipinski definition) is 3. The van der Waals surface area contributed by atoms with E-state index in [4.69, 9.17) is 4.74 Å². The van der Waals surface area contributed by atoms with Crippen molar-refractivity contribution in [3.05, 3.63) is 54.1 Å². The van der Waals surface area contributed by atoms with E-state index in [9.17, 15) is 9.59 Å². The normalized spacial score (nSPS) is 10.3. The number of anilines is 1. The Bertz CT molecular complexity index is 742. The van der Waals surface area contributed by atoms with Crippen LogP contribution in [0.5, 0.6) is 11.5 Å². The van der Waals surface area contributed by atoms with E-state index in [1.165, 1.54) is 0 Å². The van der Waals surface area contributed by atoms with Crippen LogP contribution in [-0.2, 0) is 4.79 Å². The van der Waals surface area contributed by atoms with Crippen molar-refractivity contribution in [3.8, 4) is 11.5 Å². The minimum atomic E-state index is -0.433. The Hall–Kier alpha value is -3.02. The quantitative estimate of drug-likeness (QED) is 0.709. The fourth-order valence-electron chi connectivity index (χ4n) is 2.14. The van der Waals surface area contributed by atoms with Crippen LogP contribution in [0.1, 0.15) is 19.4 Å². The molecule has 2 aromatic carbocycles. The Morgan fingerprint density at radius 1 is 1.00 bits per heavy atom. The molecule has 26 heavy (non-hydrogen) atoms. The molecule has 0 atom stereocenters. The number of aryl methyl sites for hydroxylation is 1. The molecule has 0 saturated carbocycles. The lowest BCUT2D eigenvalue weighted by Crippen LogP contribution is -2.39. The maximum atomic E-state index is 11.8. The molecule has 6 heteroatoms. The zero-order chi connectivity index (χ0) is 18.9.